The van der Waals surface area contributed by atoms with E-state index in [1.54, 1.807) is 0 Å². The van der Waals surface area contributed by atoms with Gasteiger partial charge in [0.1, 0.15) is 0 Å². The maximum Gasteiger partial charge on any atom is 0.0890 e. The van der Waals surface area contributed by atoms with E-state index in [0.717, 1.165) is 12.6 Å². The molecule has 0 fully saturated rings. The Bertz CT molecular complexity index is 165. The zero-order valence-corrected chi connectivity index (χ0v) is 9.16. The molecule has 1 rings (SSSR count). The fourth-order valence-corrected chi connectivity index (χ4v) is 1.58. The molecule has 0 saturated heterocycles. The molecule has 0 aromatic heterocycles. The van der Waals surface area contributed by atoms with Crippen LogP contribution in [0.15, 0.2) is 12.4 Å². The van der Waals surface area contributed by atoms with Gasteiger partial charge in [0.2, 0.25) is 0 Å². The van der Waals surface area contributed by atoms with Crippen molar-refractivity contribution >= 4 is 0 Å². The quantitative estimate of drug-likeness (QED) is 0.644. The van der Waals surface area contributed by atoms with Crippen LogP contribution in [-0.2, 0) is 0 Å². The summed E-state index contributed by atoms with van der Waals surface area (Å²) in [7, 11) is 2.12. The minimum atomic E-state index is 0.893. The van der Waals surface area contributed by atoms with Gasteiger partial charge in [-0.05, 0) is 18.8 Å². The van der Waals surface area contributed by atoms with Crippen molar-refractivity contribution in [3.63, 3.8) is 0 Å². The van der Waals surface area contributed by atoms with Gasteiger partial charge in [0, 0.05) is 26.0 Å². The van der Waals surface area contributed by atoms with E-state index in [4.69, 9.17) is 0 Å². The Morgan fingerprint density at radius 2 is 2.15 bits per heavy atom. The molecule has 0 aromatic carbocycles. The Hall–Kier alpha value is -0.660. The second kappa shape index (κ2) is 5.15. The van der Waals surface area contributed by atoms with Crippen LogP contribution in [0.5, 0.6) is 0 Å². The number of nitrogens with zero attached hydrogens (tertiary/aromatic N) is 2. The molecule has 0 radical (unpaired) electrons. The van der Waals surface area contributed by atoms with Gasteiger partial charge in [-0.1, -0.05) is 20.3 Å². The van der Waals surface area contributed by atoms with Crippen molar-refractivity contribution in [1.29, 1.82) is 0 Å². The normalized spacial score (nSPS) is 18.4. The maximum absolute atomic E-state index is 2.38. The molecule has 0 N–H and O–H groups in total. The van der Waals surface area contributed by atoms with E-state index in [0.29, 0.717) is 0 Å². The van der Waals surface area contributed by atoms with Crippen molar-refractivity contribution < 1.29 is 0 Å². The first-order chi connectivity index (χ1) is 6.22. The maximum atomic E-state index is 2.38. The van der Waals surface area contributed by atoms with Gasteiger partial charge in [0.15, 0.2) is 0 Å². The topological polar surface area (TPSA) is 6.48 Å². The minimum Gasteiger partial charge on any atom is -0.362 e. The Morgan fingerprint density at radius 1 is 1.38 bits per heavy atom. The third-order valence-corrected chi connectivity index (χ3v) is 2.78. The average molecular weight is 182 g/mol. The predicted octanol–water partition coefficient (Wildman–Crippen LogP) is 2.49. The summed E-state index contributed by atoms with van der Waals surface area (Å²) in [5.74, 6) is 0.893. The van der Waals surface area contributed by atoms with Crippen molar-refractivity contribution in [3.8, 4) is 0 Å². The highest BCUT2D eigenvalue weighted by Gasteiger charge is 2.07. The fraction of sp³-hybridized carbons (Fsp3) is 0.818. The van der Waals surface area contributed by atoms with Gasteiger partial charge < -0.3 is 9.80 Å². The Labute approximate surface area is 82.2 Å². The van der Waals surface area contributed by atoms with Gasteiger partial charge in [-0.2, -0.15) is 0 Å². The van der Waals surface area contributed by atoms with Gasteiger partial charge in [0.05, 0.1) is 6.67 Å². The Kier molecular flexibility index (Phi) is 4.13. The van der Waals surface area contributed by atoms with Crippen molar-refractivity contribution in [1.82, 2.24) is 9.80 Å². The summed E-state index contributed by atoms with van der Waals surface area (Å²) >= 11 is 0. The molecule has 1 heterocycles. The molecule has 0 aromatic rings. The van der Waals surface area contributed by atoms with Gasteiger partial charge in [-0.25, -0.2) is 0 Å². The summed E-state index contributed by atoms with van der Waals surface area (Å²) < 4.78 is 0. The molecule has 2 nitrogen and oxygen atoms in total. The van der Waals surface area contributed by atoms with Crippen molar-refractivity contribution in [3.05, 3.63) is 12.4 Å². The second-order valence-corrected chi connectivity index (χ2v) is 4.16. The van der Waals surface area contributed by atoms with E-state index < -0.39 is 0 Å². The van der Waals surface area contributed by atoms with Gasteiger partial charge in [-0.15, -0.1) is 0 Å². The lowest BCUT2D eigenvalue weighted by atomic mass is 10.0. The summed E-state index contributed by atoms with van der Waals surface area (Å²) in [5, 5.41) is 0. The van der Waals surface area contributed by atoms with Crippen LogP contribution < -0.4 is 0 Å². The molecule has 2 heteroatoms. The van der Waals surface area contributed by atoms with Crippen LogP contribution in [0.4, 0.5) is 0 Å². The highest BCUT2D eigenvalue weighted by Crippen LogP contribution is 2.11. The largest absolute Gasteiger partial charge is 0.362 e. The number of hydrogen-bond acceptors (Lipinski definition) is 2. The van der Waals surface area contributed by atoms with Crippen molar-refractivity contribution in [2.24, 2.45) is 5.92 Å². The van der Waals surface area contributed by atoms with Crippen LogP contribution in [-0.4, -0.2) is 30.1 Å². The lowest BCUT2D eigenvalue weighted by Gasteiger charge is -2.18. The van der Waals surface area contributed by atoms with Crippen LogP contribution in [0, 0.1) is 5.92 Å². The zero-order valence-electron chi connectivity index (χ0n) is 9.16. The highest BCUT2D eigenvalue weighted by atomic mass is 15.3. The van der Waals surface area contributed by atoms with Crippen LogP contribution in [0.1, 0.15) is 33.1 Å². The predicted molar refractivity (Wildman–Crippen MR) is 57.2 cm³/mol. The first-order valence-corrected chi connectivity index (χ1v) is 5.35. The molecule has 1 aliphatic rings. The monoisotopic (exact) mass is 182 g/mol. The van der Waals surface area contributed by atoms with E-state index in [1.165, 1.54) is 25.8 Å². The number of hydrogen-bond donors (Lipinski definition) is 0. The van der Waals surface area contributed by atoms with E-state index in [2.05, 4.69) is 43.1 Å². The van der Waals surface area contributed by atoms with Crippen LogP contribution in [0.3, 0.4) is 0 Å². The van der Waals surface area contributed by atoms with E-state index in [-0.39, 0.29) is 0 Å². The van der Waals surface area contributed by atoms with E-state index in [9.17, 15) is 0 Å². The lowest BCUT2D eigenvalue weighted by molar-refractivity contribution is 0.285. The van der Waals surface area contributed by atoms with Gasteiger partial charge in [0.25, 0.3) is 0 Å². The Morgan fingerprint density at radius 3 is 2.69 bits per heavy atom. The summed E-state index contributed by atoms with van der Waals surface area (Å²) in [6, 6.07) is 0. The van der Waals surface area contributed by atoms with Crippen molar-refractivity contribution in [2.45, 2.75) is 33.1 Å². The Balaban J connectivity index is 2.04. The molecule has 0 saturated carbocycles. The standard InChI is InChI=1S/C11H22N2/c1-4-11(2)6-5-7-13-9-8-12(3)10-13/h8-9,11H,4-7,10H2,1-3H3. The smallest absolute Gasteiger partial charge is 0.0890 e. The molecule has 0 amide bonds. The molecule has 0 aliphatic carbocycles. The summed E-state index contributed by atoms with van der Waals surface area (Å²) in [4.78, 5) is 4.59. The third-order valence-electron chi connectivity index (χ3n) is 2.78. The van der Waals surface area contributed by atoms with Crippen LogP contribution >= 0.6 is 0 Å². The first kappa shape index (κ1) is 10.4. The van der Waals surface area contributed by atoms with Crippen LogP contribution in [0.2, 0.25) is 0 Å². The summed E-state index contributed by atoms with van der Waals surface area (Å²) in [6.07, 6.45) is 8.34. The molecular formula is C11H22N2. The molecule has 1 aliphatic heterocycles. The molecule has 1 atom stereocenters. The molecule has 76 valence electrons. The summed E-state index contributed by atoms with van der Waals surface area (Å²) in [6.45, 7) is 6.89. The third kappa shape index (κ3) is 3.71. The van der Waals surface area contributed by atoms with E-state index in [1.807, 2.05) is 0 Å². The average Bonchev–Trinajstić information content (AvgIpc) is 2.51. The fourth-order valence-electron chi connectivity index (χ4n) is 1.58. The number of rotatable bonds is 5. The SMILES string of the molecule is CCC(C)CCCN1C=CN(C)C1. The second-order valence-electron chi connectivity index (χ2n) is 4.16. The highest BCUT2D eigenvalue weighted by molar-refractivity contribution is 4.88. The van der Waals surface area contributed by atoms with Gasteiger partial charge in [-0.3, -0.25) is 0 Å². The minimum absolute atomic E-state index is 0.893. The van der Waals surface area contributed by atoms with E-state index >= 15 is 0 Å². The molecule has 13 heavy (non-hydrogen) atoms. The zero-order chi connectivity index (χ0) is 9.68. The molecule has 1 unspecified atom stereocenters. The molecular weight excluding hydrogens is 160 g/mol. The lowest BCUT2D eigenvalue weighted by Crippen LogP contribution is -2.23. The summed E-state index contributed by atoms with van der Waals surface area (Å²) in [5.41, 5.74) is 0. The van der Waals surface area contributed by atoms with Crippen molar-refractivity contribution in [2.75, 3.05) is 20.3 Å². The molecule has 0 bridgehead atoms. The van der Waals surface area contributed by atoms with Gasteiger partial charge >= 0.3 is 0 Å². The molecule has 0 spiro atoms. The van der Waals surface area contributed by atoms with Crippen LogP contribution in [0.25, 0.3) is 0 Å². The first-order valence-electron chi connectivity index (χ1n) is 5.35.